The zero-order valence-electron chi connectivity index (χ0n) is 16.5. The van der Waals surface area contributed by atoms with Gasteiger partial charge in [0, 0.05) is 23.2 Å². The first kappa shape index (κ1) is 21.9. The molecule has 2 unspecified atom stereocenters. The minimum atomic E-state index is -0.0641. The second kappa shape index (κ2) is 11.4. The van der Waals surface area contributed by atoms with E-state index in [0.29, 0.717) is 11.8 Å². The Bertz CT molecular complexity index is 412. The molecule has 0 aliphatic heterocycles. The van der Waals surface area contributed by atoms with Crippen molar-refractivity contribution in [2.75, 3.05) is 0 Å². The van der Waals surface area contributed by atoms with Crippen LogP contribution < -0.4 is 0 Å². The van der Waals surface area contributed by atoms with Crippen LogP contribution in [-0.4, -0.2) is 5.71 Å². The molecule has 0 aliphatic rings. The fourth-order valence-electron chi connectivity index (χ4n) is 3.35. The lowest BCUT2D eigenvalue weighted by Crippen LogP contribution is -2.28. The Kier molecular flexibility index (Phi) is 10.9. The van der Waals surface area contributed by atoms with Crippen molar-refractivity contribution < 1.29 is 0 Å². The van der Waals surface area contributed by atoms with Crippen LogP contribution in [0, 0.1) is 17.3 Å². The van der Waals surface area contributed by atoms with Crippen LogP contribution in [0.2, 0.25) is 0 Å². The quantitative estimate of drug-likeness (QED) is 0.202. The SMILES string of the molecule is C=C/N=C(\C(=C/C)C(C)(C)C=C)C(C)C(CC)CCCCCC. The summed E-state index contributed by atoms with van der Waals surface area (Å²) in [5.74, 6) is 1.13. The van der Waals surface area contributed by atoms with Gasteiger partial charge in [0.1, 0.15) is 0 Å². The van der Waals surface area contributed by atoms with E-state index in [1.807, 2.05) is 6.08 Å². The maximum Gasteiger partial charge on any atom is 0.0471 e. The van der Waals surface area contributed by atoms with Crippen LogP contribution in [0.15, 0.2) is 42.1 Å². The summed E-state index contributed by atoms with van der Waals surface area (Å²) in [6.07, 6.45) is 13.7. The number of aliphatic imine (C=N–C) groups is 1. The molecule has 0 aromatic heterocycles. The lowest BCUT2D eigenvalue weighted by Gasteiger charge is -2.32. The lowest BCUT2D eigenvalue weighted by molar-refractivity contribution is 0.377. The number of hydrogen-bond donors (Lipinski definition) is 0. The highest BCUT2D eigenvalue weighted by atomic mass is 14.7. The Labute approximate surface area is 145 Å². The summed E-state index contributed by atoms with van der Waals surface area (Å²) in [5.41, 5.74) is 2.41. The van der Waals surface area contributed by atoms with Crippen molar-refractivity contribution in [3.63, 3.8) is 0 Å². The fraction of sp³-hybridized carbons (Fsp3) is 0.682. The smallest absolute Gasteiger partial charge is 0.0471 e. The lowest BCUT2D eigenvalue weighted by atomic mass is 9.74. The maximum absolute atomic E-state index is 4.69. The Morgan fingerprint density at radius 3 is 2.22 bits per heavy atom. The summed E-state index contributed by atoms with van der Waals surface area (Å²) in [6.45, 7) is 21.3. The molecule has 132 valence electrons. The summed E-state index contributed by atoms with van der Waals surface area (Å²) in [6, 6.07) is 0. The molecule has 0 fully saturated rings. The van der Waals surface area contributed by atoms with Gasteiger partial charge in [0.15, 0.2) is 0 Å². The van der Waals surface area contributed by atoms with Crippen molar-refractivity contribution in [2.24, 2.45) is 22.2 Å². The van der Waals surface area contributed by atoms with Gasteiger partial charge in [0.05, 0.1) is 0 Å². The standard InChI is InChI=1S/C22H39N/c1-9-14-15-16-17-19(10-2)18(6)21(23-13-5)20(11-3)22(7,8)12-4/h11-13,18-19H,4-5,9-10,14-17H2,1-3,6-8H3/b20-11+,23-21-. The van der Waals surface area contributed by atoms with Gasteiger partial charge in [-0.15, -0.1) is 6.58 Å². The number of rotatable bonds is 12. The van der Waals surface area contributed by atoms with E-state index in [2.05, 4.69) is 65.8 Å². The molecular formula is C22H39N. The molecule has 0 aromatic carbocycles. The molecule has 0 rings (SSSR count). The van der Waals surface area contributed by atoms with Crippen molar-refractivity contribution in [2.45, 2.75) is 80.1 Å². The Balaban J connectivity index is 5.30. The highest BCUT2D eigenvalue weighted by molar-refractivity contribution is 6.03. The zero-order chi connectivity index (χ0) is 17.9. The van der Waals surface area contributed by atoms with Gasteiger partial charge in [-0.1, -0.05) is 85.5 Å². The fourth-order valence-corrected chi connectivity index (χ4v) is 3.35. The van der Waals surface area contributed by atoms with Gasteiger partial charge in [-0.05, 0) is 24.8 Å². The normalized spacial score (nSPS) is 16.1. The number of unbranched alkanes of at least 4 members (excludes halogenated alkanes) is 3. The first-order chi connectivity index (χ1) is 10.9. The van der Waals surface area contributed by atoms with Gasteiger partial charge in [-0.3, -0.25) is 4.99 Å². The average molecular weight is 318 g/mol. The predicted molar refractivity (Wildman–Crippen MR) is 107 cm³/mol. The van der Waals surface area contributed by atoms with Gasteiger partial charge >= 0.3 is 0 Å². The van der Waals surface area contributed by atoms with E-state index in [1.165, 1.54) is 49.8 Å². The molecule has 0 radical (unpaired) electrons. The summed E-state index contributed by atoms with van der Waals surface area (Å²) in [5, 5.41) is 0. The van der Waals surface area contributed by atoms with Crippen molar-refractivity contribution in [3.8, 4) is 0 Å². The van der Waals surface area contributed by atoms with E-state index >= 15 is 0 Å². The largest absolute Gasteiger partial charge is 0.261 e. The number of nitrogens with zero attached hydrogens (tertiary/aromatic N) is 1. The van der Waals surface area contributed by atoms with Gasteiger partial charge < -0.3 is 0 Å². The third-order valence-corrected chi connectivity index (χ3v) is 5.09. The molecule has 0 amide bonds. The van der Waals surface area contributed by atoms with Crippen LogP contribution in [-0.2, 0) is 0 Å². The molecule has 0 aromatic rings. The molecule has 0 aliphatic carbocycles. The van der Waals surface area contributed by atoms with E-state index in [0.717, 1.165) is 0 Å². The van der Waals surface area contributed by atoms with Gasteiger partial charge in [-0.25, -0.2) is 0 Å². The van der Waals surface area contributed by atoms with Crippen LogP contribution in [0.3, 0.4) is 0 Å². The number of allylic oxidation sites excluding steroid dienone is 3. The molecular weight excluding hydrogens is 278 g/mol. The summed E-state index contributed by atoms with van der Waals surface area (Å²) >= 11 is 0. The van der Waals surface area contributed by atoms with Gasteiger partial charge in [-0.2, -0.15) is 0 Å². The van der Waals surface area contributed by atoms with Gasteiger partial charge in [0.25, 0.3) is 0 Å². The maximum atomic E-state index is 4.69. The van der Waals surface area contributed by atoms with Crippen LogP contribution >= 0.6 is 0 Å². The molecule has 0 N–H and O–H groups in total. The van der Waals surface area contributed by atoms with Crippen LogP contribution in [0.4, 0.5) is 0 Å². The predicted octanol–water partition coefficient (Wildman–Crippen LogP) is 7.36. The molecule has 1 nitrogen and oxygen atoms in total. The molecule has 2 atom stereocenters. The molecule has 0 bridgehead atoms. The molecule has 0 saturated heterocycles. The zero-order valence-corrected chi connectivity index (χ0v) is 16.5. The minimum absolute atomic E-state index is 0.0641. The average Bonchev–Trinajstić information content (AvgIpc) is 2.54. The van der Waals surface area contributed by atoms with Crippen molar-refractivity contribution in [1.82, 2.24) is 0 Å². The first-order valence-corrected chi connectivity index (χ1v) is 9.38. The minimum Gasteiger partial charge on any atom is -0.261 e. The van der Waals surface area contributed by atoms with Crippen LogP contribution in [0.25, 0.3) is 0 Å². The molecule has 0 spiro atoms. The van der Waals surface area contributed by atoms with Crippen molar-refractivity contribution in [3.05, 3.63) is 37.1 Å². The summed E-state index contributed by atoms with van der Waals surface area (Å²) in [7, 11) is 0. The third kappa shape index (κ3) is 6.89. The monoisotopic (exact) mass is 317 g/mol. The second-order valence-corrected chi connectivity index (χ2v) is 7.13. The highest BCUT2D eigenvalue weighted by Gasteiger charge is 2.29. The Hall–Kier alpha value is -1.11. The van der Waals surface area contributed by atoms with E-state index in [1.54, 1.807) is 6.20 Å². The van der Waals surface area contributed by atoms with E-state index < -0.39 is 0 Å². The molecule has 23 heavy (non-hydrogen) atoms. The molecule has 0 heterocycles. The molecule has 1 heteroatoms. The van der Waals surface area contributed by atoms with Crippen molar-refractivity contribution >= 4 is 5.71 Å². The first-order valence-electron chi connectivity index (χ1n) is 9.38. The van der Waals surface area contributed by atoms with E-state index in [9.17, 15) is 0 Å². The van der Waals surface area contributed by atoms with Crippen LogP contribution in [0.1, 0.15) is 80.1 Å². The van der Waals surface area contributed by atoms with Crippen molar-refractivity contribution in [1.29, 1.82) is 0 Å². The third-order valence-electron chi connectivity index (χ3n) is 5.09. The highest BCUT2D eigenvalue weighted by Crippen LogP contribution is 2.34. The Morgan fingerprint density at radius 2 is 1.78 bits per heavy atom. The summed E-state index contributed by atoms with van der Waals surface area (Å²) in [4.78, 5) is 4.69. The second-order valence-electron chi connectivity index (χ2n) is 7.13. The van der Waals surface area contributed by atoms with Crippen LogP contribution in [0.5, 0.6) is 0 Å². The Morgan fingerprint density at radius 1 is 1.13 bits per heavy atom. The topological polar surface area (TPSA) is 12.4 Å². The van der Waals surface area contributed by atoms with E-state index in [-0.39, 0.29) is 5.41 Å². The van der Waals surface area contributed by atoms with Gasteiger partial charge in [0.2, 0.25) is 0 Å². The number of hydrogen-bond acceptors (Lipinski definition) is 1. The van der Waals surface area contributed by atoms with E-state index in [4.69, 9.17) is 0 Å². The summed E-state index contributed by atoms with van der Waals surface area (Å²) < 4.78 is 0. The molecule has 0 saturated carbocycles.